The first-order chi connectivity index (χ1) is 12.9. The van der Waals surface area contributed by atoms with Crippen molar-refractivity contribution < 1.29 is 68.9 Å². The normalized spacial score (nSPS) is 14.8. The first-order valence-electron chi connectivity index (χ1n) is 7.54. The van der Waals surface area contributed by atoms with E-state index in [1.807, 2.05) is 0 Å². The van der Waals surface area contributed by atoms with Gasteiger partial charge in [0.2, 0.25) is 12.2 Å². The number of carbonyl (C=O) groups excluding carboxylic acids is 2. The molecule has 0 aromatic heterocycles. The van der Waals surface area contributed by atoms with Crippen LogP contribution in [0, 0.1) is 0 Å². The second-order valence-corrected chi connectivity index (χ2v) is 5.27. The van der Waals surface area contributed by atoms with E-state index in [-0.39, 0.29) is 12.8 Å². The highest BCUT2D eigenvalue weighted by molar-refractivity contribution is 5.86. The van der Waals surface area contributed by atoms with E-state index in [4.69, 9.17) is 30.6 Å². The monoisotopic (exact) mass is 410 g/mol. The first kappa shape index (κ1) is 24.7. The molecule has 0 aromatic carbocycles. The fourth-order valence-corrected chi connectivity index (χ4v) is 1.70. The van der Waals surface area contributed by atoms with Gasteiger partial charge in [-0.1, -0.05) is 0 Å². The lowest BCUT2D eigenvalue weighted by Gasteiger charge is -2.17. The number of ether oxygens (including phenoxy) is 2. The molecule has 0 aliphatic carbocycles. The minimum absolute atomic E-state index is 0.0946. The Labute approximate surface area is 155 Å². The molecule has 4 atom stereocenters. The predicted molar refractivity (Wildman–Crippen MR) is 80.8 cm³/mol. The maximum atomic E-state index is 11.5. The molecule has 158 valence electrons. The second kappa shape index (κ2) is 11.5. The minimum Gasteiger partial charge on any atom is -0.479 e. The molecule has 4 unspecified atom stereocenters. The van der Waals surface area contributed by atoms with Crippen LogP contribution in [-0.2, 0) is 38.2 Å². The fraction of sp³-hybridized carbons (Fsp3) is 0.571. The maximum absolute atomic E-state index is 11.5. The van der Waals surface area contributed by atoms with Gasteiger partial charge in [-0.25, -0.2) is 19.2 Å². The third-order valence-electron chi connectivity index (χ3n) is 3.09. The van der Waals surface area contributed by atoms with Crippen molar-refractivity contribution in [3.05, 3.63) is 0 Å². The van der Waals surface area contributed by atoms with E-state index < -0.39 is 73.1 Å². The molecule has 14 nitrogen and oxygen atoms in total. The second-order valence-electron chi connectivity index (χ2n) is 5.27. The van der Waals surface area contributed by atoms with Crippen molar-refractivity contribution in [1.82, 2.24) is 0 Å². The Hall–Kier alpha value is -3.26. The number of unbranched alkanes of at least 4 members (excludes halogenated alkanes) is 1. The minimum atomic E-state index is -2.48. The van der Waals surface area contributed by atoms with E-state index in [9.17, 15) is 28.8 Å². The van der Waals surface area contributed by atoms with Gasteiger partial charge >= 0.3 is 35.8 Å². The molecule has 0 aliphatic rings. The van der Waals surface area contributed by atoms with Crippen molar-refractivity contribution in [2.24, 2.45) is 0 Å². The molecule has 0 amide bonds. The van der Waals surface area contributed by atoms with Crippen LogP contribution < -0.4 is 0 Å². The van der Waals surface area contributed by atoms with E-state index in [0.29, 0.717) is 0 Å². The molecule has 6 N–H and O–H groups in total. The Balaban J connectivity index is 4.43. The molecule has 28 heavy (non-hydrogen) atoms. The average Bonchev–Trinajstić information content (AvgIpc) is 2.59. The Morgan fingerprint density at radius 3 is 1.07 bits per heavy atom. The molecule has 0 radical (unpaired) electrons. The number of aliphatic hydroxyl groups is 2. The van der Waals surface area contributed by atoms with Crippen LogP contribution in [0.1, 0.15) is 25.7 Å². The Kier molecular flexibility index (Phi) is 10.1. The quantitative estimate of drug-likeness (QED) is 0.135. The number of esters is 2. The Bertz CT molecular complexity index is 572. The number of carboxylic acid groups (broad SMARTS) is 4. The third-order valence-corrected chi connectivity index (χ3v) is 3.09. The van der Waals surface area contributed by atoms with Crippen LogP contribution in [0.4, 0.5) is 0 Å². The van der Waals surface area contributed by atoms with Crippen molar-refractivity contribution in [2.75, 3.05) is 0 Å². The Morgan fingerprint density at radius 1 is 0.571 bits per heavy atom. The molecule has 0 saturated carbocycles. The van der Waals surface area contributed by atoms with Gasteiger partial charge in [0.05, 0.1) is 0 Å². The van der Waals surface area contributed by atoms with E-state index in [0.717, 1.165) is 0 Å². The van der Waals surface area contributed by atoms with Crippen molar-refractivity contribution in [3.63, 3.8) is 0 Å². The van der Waals surface area contributed by atoms with E-state index in [2.05, 4.69) is 9.47 Å². The van der Waals surface area contributed by atoms with Crippen LogP contribution in [-0.4, -0.2) is 90.9 Å². The van der Waals surface area contributed by atoms with Crippen LogP contribution in [0.2, 0.25) is 0 Å². The number of hydrogen-bond donors (Lipinski definition) is 6. The number of aliphatic carboxylic acids is 4. The summed E-state index contributed by atoms with van der Waals surface area (Å²) in [4.78, 5) is 65.6. The third kappa shape index (κ3) is 8.41. The molecule has 0 heterocycles. The molecule has 0 aliphatic heterocycles. The molecular formula is C14H18O14. The lowest BCUT2D eigenvalue weighted by molar-refractivity contribution is -0.179. The van der Waals surface area contributed by atoms with Crippen LogP contribution >= 0.6 is 0 Å². The summed E-state index contributed by atoms with van der Waals surface area (Å²) in [5, 5.41) is 52.8. The number of rotatable bonds is 13. The summed E-state index contributed by atoms with van der Waals surface area (Å²) < 4.78 is 8.67. The maximum Gasteiger partial charge on any atom is 0.348 e. The number of aliphatic hydroxyl groups excluding tert-OH is 2. The first-order valence-corrected chi connectivity index (χ1v) is 7.54. The topological polar surface area (TPSA) is 242 Å². The zero-order valence-electron chi connectivity index (χ0n) is 14.1. The SMILES string of the molecule is O=C(CCCCC(=O)OC(C(=O)O)C(O)C(=O)O)OC(C(=O)O)C(O)C(=O)O. The molecule has 0 rings (SSSR count). The standard InChI is InChI=1S/C14H18O14/c15-5(27-9(13(23)24)7(17)11(19)20)3-1-2-4-6(16)28-10(14(25)26)8(18)12(21)22/h7-10,17-18H,1-4H2,(H,19,20)(H,21,22)(H,23,24)(H,25,26). The zero-order chi connectivity index (χ0) is 22.0. The molecule has 14 heteroatoms. The van der Waals surface area contributed by atoms with Crippen LogP contribution in [0.25, 0.3) is 0 Å². The summed E-state index contributed by atoms with van der Waals surface area (Å²) in [7, 11) is 0. The van der Waals surface area contributed by atoms with Crippen molar-refractivity contribution in [3.8, 4) is 0 Å². The molecular weight excluding hydrogens is 392 g/mol. The molecule has 0 bridgehead atoms. The van der Waals surface area contributed by atoms with E-state index in [1.54, 1.807) is 0 Å². The van der Waals surface area contributed by atoms with Gasteiger partial charge in [-0.05, 0) is 12.8 Å². The smallest absolute Gasteiger partial charge is 0.348 e. The van der Waals surface area contributed by atoms with Crippen LogP contribution in [0.5, 0.6) is 0 Å². The largest absolute Gasteiger partial charge is 0.479 e. The van der Waals surface area contributed by atoms with Gasteiger partial charge in [-0.3, -0.25) is 9.59 Å². The summed E-state index contributed by atoms with van der Waals surface area (Å²) in [6.07, 6.45) is -10.7. The van der Waals surface area contributed by atoms with Crippen molar-refractivity contribution >= 4 is 35.8 Å². The number of carboxylic acids is 4. The Morgan fingerprint density at radius 2 is 0.857 bits per heavy atom. The number of carbonyl (C=O) groups is 6. The summed E-state index contributed by atoms with van der Waals surface area (Å²) in [5.74, 6) is -9.96. The lowest BCUT2D eigenvalue weighted by atomic mass is 10.1. The highest BCUT2D eigenvalue weighted by Gasteiger charge is 2.36. The molecule has 0 fully saturated rings. The van der Waals surface area contributed by atoms with Crippen molar-refractivity contribution in [2.45, 2.75) is 50.1 Å². The van der Waals surface area contributed by atoms with Crippen molar-refractivity contribution in [1.29, 1.82) is 0 Å². The van der Waals surface area contributed by atoms with Gasteiger partial charge in [0.25, 0.3) is 0 Å². The average molecular weight is 410 g/mol. The highest BCUT2D eigenvalue weighted by atomic mass is 16.6. The van der Waals surface area contributed by atoms with Gasteiger partial charge in [-0.2, -0.15) is 0 Å². The van der Waals surface area contributed by atoms with E-state index in [1.165, 1.54) is 0 Å². The zero-order valence-corrected chi connectivity index (χ0v) is 14.1. The highest BCUT2D eigenvalue weighted by Crippen LogP contribution is 2.09. The van der Waals surface area contributed by atoms with Crippen LogP contribution in [0.15, 0.2) is 0 Å². The summed E-state index contributed by atoms with van der Waals surface area (Å²) >= 11 is 0. The van der Waals surface area contributed by atoms with Gasteiger partial charge in [0, 0.05) is 12.8 Å². The summed E-state index contributed by atoms with van der Waals surface area (Å²) in [6.45, 7) is 0. The summed E-state index contributed by atoms with van der Waals surface area (Å²) in [6, 6.07) is 0. The number of hydrogen-bond acceptors (Lipinski definition) is 10. The van der Waals surface area contributed by atoms with Crippen LogP contribution in [0.3, 0.4) is 0 Å². The molecule has 0 spiro atoms. The molecule has 0 aromatic rings. The van der Waals surface area contributed by atoms with Gasteiger partial charge in [0.1, 0.15) is 0 Å². The summed E-state index contributed by atoms with van der Waals surface area (Å²) in [5.41, 5.74) is 0. The van der Waals surface area contributed by atoms with Gasteiger partial charge < -0.3 is 40.1 Å². The van der Waals surface area contributed by atoms with Gasteiger partial charge in [-0.15, -0.1) is 0 Å². The van der Waals surface area contributed by atoms with E-state index >= 15 is 0 Å². The molecule has 0 saturated heterocycles. The lowest BCUT2D eigenvalue weighted by Crippen LogP contribution is -2.43. The predicted octanol–water partition coefficient (Wildman–Crippen LogP) is -2.57. The van der Waals surface area contributed by atoms with Gasteiger partial charge in [0.15, 0.2) is 12.2 Å². The fourth-order valence-electron chi connectivity index (χ4n) is 1.70.